The SMILES string of the molecule is COc1ccc(N2C(=O)[C@H](O[Si](C(C)C)(C(C)C)C(C)C)[C@@H]2c2ncccn2)cc1. The van der Waals surface area contributed by atoms with Crippen molar-refractivity contribution in [1.82, 2.24) is 9.97 Å². The first-order valence-corrected chi connectivity index (χ1v) is 12.8. The Balaban J connectivity index is 2.00. The van der Waals surface area contributed by atoms with E-state index in [0.29, 0.717) is 22.4 Å². The Labute approximate surface area is 180 Å². The van der Waals surface area contributed by atoms with E-state index >= 15 is 0 Å². The molecule has 1 amide bonds. The van der Waals surface area contributed by atoms with Crippen LogP contribution in [0.5, 0.6) is 5.75 Å². The van der Waals surface area contributed by atoms with E-state index in [1.807, 2.05) is 24.3 Å². The quantitative estimate of drug-likeness (QED) is 0.431. The Hall–Kier alpha value is -2.25. The molecule has 0 aliphatic carbocycles. The average molecular weight is 428 g/mol. The van der Waals surface area contributed by atoms with Crippen LogP contribution < -0.4 is 9.64 Å². The van der Waals surface area contributed by atoms with Crippen molar-refractivity contribution in [3.63, 3.8) is 0 Å². The van der Waals surface area contributed by atoms with E-state index in [-0.39, 0.29) is 11.9 Å². The van der Waals surface area contributed by atoms with Crippen molar-refractivity contribution >= 4 is 19.9 Å². The molecule has 2 heterocycles. The van der Waals surface area contributed by atoms with E-state index in [0.717, 1.165) is 11.4 Å². The third-order valence-corrected chi connectivity index (χ3v) is 12.4. The van der Waals surface area contributed by atoms with Gasteiger partial charge in [-0.15, -0.1) is 0 Å². The highest BCUT2D eigenvalue weighted by Gasteiger charge is 2.57. The second-order valence-corrected chi connectivity index (χ2v) is 14.2. The molecule has 7 heteroatoms. The largest absolute Gasteiger partial charge is 0.497 e. The maximum atomic E-state index is 13.4. The molecule has 0 unspecified atom stereocenters. The van der Waals surface area contributed by atoms with E-state index in [9.17, 15) is 4.79 Å². The van der Waals surface area contributed by atoms with Gasteiger partial charge in [0.2, 0.25) is 8.32 Å². The van der Waals surface area contributed by atoms with E-state index in [1.54, 1.807) is 30.5 Å². The Morgan fingerprint density at radius 1 is 0.933 bits per heavy atom. The summed E-state index contributed by atoms with van der Waals surface area (Å²) in [5.74, 6) is 1.33. The molecule has 2 atom stereocenters. The van der Waals surface area contributed by atoms with Gasteiger partial charge in [-0.05, 0) is 47.0 Å². The van der Waals surface area contributed by atoms with E-state index in [2.05, 4.69) is 51.5 Å². The van der Waals surface area contributed by atoms with Gasteiger partial charge in [0, 0.05) is 18.1 Å². The first-order valence-electron chi connectivity index (χ1n) is 10.7. The van der Waals surface area contributed by atoms with Gasteiger partial charge in [-0.25, -0.2) is 9.97 Å². The smallest absolute Gasteiger partial charge is 0.258 e. The Bertz CT molecular complexity index is 834. The van der Waals surface area contributed by atoms with Gasteiger partial charge in [0.25, 0.3) is 5.91 Å². The second-order valence-electron chi connectivity index (χ2n) is 8.81. The molecule has 0 saturated carbocycles. The van der Waals surface area contributed by atoms with Gasteiger partial charge in [0.15, 0.2) is 11.9 Å². The molecule has 30 heavy (non-hydrogen) atoms. The van der Waals surface area contributed by atoms with Crippen LogP contribution in [0.25, 0.3) is 0 Å². The number of β-lactam (4-membered cyclic amide) rings is 1. The zero-order valence-corrected chi connectivity index (χ0v) is 20.0. The van der Waals surface area contributed by atoms with Crippen LogP contribution in [-0.2, 0) is 9.22 Å². The molecule has 0 radical (unpaired) electrons. The summed E-state index contributed by atoms with van der Waals surface area (Å²) >= 11 is 0. The van der Waals surface area contributed by atoms with Crippen molar-refractivity contribution in [2.24, 2.45) is 0 Å². The lowest BCUT2D eigenvalue weighted by Gasteiger charge is -2.52. The molecule has 0 spiro atoms. The van der Waals surface area contributed by atoms with Crippen LogP contribution >= 0.6 is 0 Å². The summed E-state index contributed by atoms with van der Waals surface area (Å²) in [7, 11) is -0.618. The Kier molecular flexibility index (Phi) is 6.62. The number of rotatable bonds is 8. The van der Waals surface area contributed by atoms with Gasteiger partial charge in [0.1, 0.15) is 11.8 Å². The minimum absolute atomic E-state index is 0.0311. The highest BCUT2D eigenvalue weighted by molar-refractivity contribution is 6.77. The number of anilines is 1. The van der Waals surface area contributed by atoms with Crippen LogP contribution in [0, 0.1) is 0 Å². The third kappa shape index (κ3) is 3.76. The first kappa shape index (κ1) is 22.4. The molecule has 1 aliphatic rings. The molecule has 0 N–H and O–H groups in total. The third-order valence-electron chi connectivity index (χ3n) is 6.28. The first-order chi connectivity index (χ1) is 14.2. The van der Waals surface area contributed by atoms with E-state index in [4.69, 9.17) is 9.16 Å². The van der Waals surface area contributed by atoms with Gasteiger partial charge in [-0.1, -0.05) is 41.5 Å². The minimum Gasteiger partial charge on any atom is -0.497 e. The standard InChI is InChI=1S/C23H33N3O3Si/c1-15(2)30(16(3)4,17(5)6)29-21-20(22-24-13-8-14-25-22)26(23(21)27)18-9-11-19(28-7)12-10-18/h8-17,20-21H,1-7H3/t20-,21-/m1/s1. The summed E-state index contributed by atoms with van der Waals surface area (Å²) in [5.41, 5.74) is 1.96. The van der Waals surface area contributed by atoms with Crippen LogP contribution in [0.4, 0.5) is 5.69 Å². The van der Waals surface area contributed by atoms with Crippen molar-refractivity contribution in [3.05, 3.63) is 48.5 Å². The average Bonchev–Trinajstić information content (AvgIpc) is 2.72. The lowest BCUT2D eigenvalue weighted by atomic mass is 9.96. The number of carbonyl (C=O) groups is 1. The van der Waals surface area contributed by atoms with Crippen LogP contribution in [0.2, 0.25) is 16.6 Å². The molecule has 162 valence electrons. The molecule has 1 saturated heterocycles. The number of amides is 1. The molecule has 1 fully saturated rings. The number of methoxy groups -OCH3 is 1. The number of hydrogen-bond acceptors (Lipinski definition) is 5. The maximum absolute atomic E-state index is 13.4. The summed E-state index contributed by atoms with van der Waals surface area (Å²) in [6.07, 6.45) is 2.87. The number of carbonyl (C=O) groups excluding carboxylic acids is 1. The molecule has 1 aromatic carbocycles. The summed E-state index contributed by atoms with van der Waals surface area (Å²) in [4.78, 5) is 24.1. The molecule has 6 nitrogen and oxygen atoms in total. The van der Waals surface area contributed by atoms with Crippen molar-refractivity contribution in [2.45, 2.75) is 70.3 Å². The summed E-state index contributed by atoms with van der Waals surface area (Å²) < 4.78 is 12.1. The minimum atomic E-state index is -2.25. The maximum Gasteiger partial charge on any atom is 0.258 e. The molecule has 1 aliphatic heterocycles. The predicted octanol–water partition coefficient (Wildman–Crippen LogP) is 5.13. The molecule has 0 bridgehead atoms. The number of ether oxygens (including phenoxy) is 1. The fourth-order valence-electron chi connectivity index (χ4n) is 4.95. The number of benzene rings is 1. The summed E-state index contributed by atoms with van der Waals surface area (Å²) in [5, 5.41) is 0. The van der Waals surface area contributed by atoms with Gasteiger partial charge < -0.3 is 9.16 Å². The Morgan fingerprint density at radius 3 is 1.93 bits per heavy atom. The topological polar surface area (TPSA) is 64.5 Å². The summed E-state index contributed by atoms with van der Waals surface area (Å²) in [6, 6.07) is 8.94. The number of aromatic nitrogens is 2. The fourth-order valence-corrected chi connectivity index (χ4v) is 10.4. The molecular formula is C23H33N3O3Si. The summed E-state index contributed by atoms with van der Waals surface area (Å²) in [6.45, 7) is 13.4. The Morgan fingerprint density at radius 2 is 1.47 bits per heavy atom. The van der Waals surface area contributed by atoms with Crippen molar-refractivity contribution in [3.8, 4) is 5.75 Å². The van der Waals surface area contributed by atoms with E-state index in [1.165, 1.54) is 0 Å². The van der Waals surface area contributed by atoms with E-state index < -0.39 is 14.4 Å². The lowest BCUT2D eigenvalue weighted by molar-refractivity contribution is -0.136. The highest BCUT2D eigenvalue weighted by Crippen LogP contribution is 2.48. The molecular weight excluding hydrogens is 394 g/mol. The normalized spacial score (nSPS) is 19.5. The number of nitrogens with zero attached hydrogens (tertiary/aromatic N) is 3. The zero-order chi connectivity index (χ0) is 22.1. The lowest BCUT2D eigenvalue weighted by Crippen LogP contribution is -2.65. The van der Waals surface area contributed by atoms with Crippen molar-refractivity contribution in [2.75, 3.05) is 12.0 Å². The molecule has 3 rings (SSSR count). The molecule has 2 aromatic rings. The molecule has 1 aromatic heterocycles. The van der Waals surface area contributed by atoms with Crippen molar-refractivity contribution in [1.29, 1.82) is 0 Å². The van der Waals surface area contributed by atoms with Gasteiger partial charge in [0.05, 0.1) is 7.11 Å². The van der Waals surface area contributed by atoms with Crippen LogP contribution in [0.3, 0.4) is 0 Å². The van der Waals surface area contributed by atoms with Gasteiger partial charge in [-0.3, -0.25) is 9.69 Å². The predicted molar refractivity (Wildman–Crippen MR) is 121 cm³/mol. The van der Waals surface area contributed by atoms with Crippen LogP contribution in [-0.4, -0.2) is 37.4 Å². The number of hydrogen-bond donors (Lipinski definition) is 0. The van der Waals surface area contributed by atoms with Gasteiger partial charge in [-0.2, -0.15) is 0 Å². The fraction of sp³-hybridized carbons (Fsp3) is 0.522. The zero-order valence-electron chi connectivity index (χ0n) is 19.0. The van der Waals surface area contributed by atoms with Crippen LogP contribution in [0.1, 0.15) is 53.4 Å². The van der Waals surface area contributed by atoms with Gasteiger partial charge >= 0.3 is 0 Å². The van der Waals surface area contributed by atoms with Crippen LogP contribution in [0.15, 0.2) is 42.7 Å². The second kappa shape index (κ2) is 8.86. The monoisotopic (exact) mass is 427 g/mol. The highest BCUT2D eigenvalue weighted by atomic mass is 28.4. The van der Waals surface area contributed by atoms with Crippen molar-refractivity contribution < 1.29 is 14.0 Å².